The summed E-state index contributed by atoms with van der Waals surface area (Å²) in [6, 6.07) is 4.96. The van der Waals surface area contributed by atoms with Crippen LogP contribution in [-0.4, -0.2) is 21.9 Å². The molecular formula is C13H11F3N2O2. The number of alkyl halides is 3. The van der Waals surface area contributed by atoms with Gasteiger partial charge in [0.15, 0.2) is 5.78 Å². The molecule has 0 spiro atoms. The van der Waals surface area contributed by atoms with E-state index in [1.165, 1.54) is 23.0 Å². The van der Waals surface area contributed by atoms with E-state index < -0.39 is 17.9 Å². The van der Waals surface area contributed by atoms with E-state index in [0.29, 0.717) is 11.3 Å². The molecule has 1 heterocycles. The molecule has 0 unspecified atom stereocenters. The molecule has 0 aliphatic heterocycles. The largest absolute Gasteiger partial charge is 0.573 e. The Morgan fingerprint density at radius 1 is 1.35 bits per heavy atom. The van der Waals surface area contributed by atoms with E-state index in [4.69, 9.17) is 0 Å². The van der Waals surface area contributed by atoms with Crippen molar-refractivity contribution >= 4 is 5.78 Å². The fourth-order valence-electron chi connectivity index (χ4n) is 1.81. The van der Waals surface area contributed by atoms with Crippen LogP contribution in [-0.2, 0) is 7.05 Å². The molecule has 0 amide bonds. The second-order valence-corrected chi connectivity index (χ2v) is 4.21. The number of hydrogen-bond acceptors (Lipinski definition) is 3. The third-order valence-electron chi connectivity index (χ3n) is 2.59. The van der Waals surface area contributed by atoms with Gasteiger partial charge in [0.1, 0.15) is 5.75 Å². The Labute approximate surface area is 112 Å². The molecular weight excluding hydrogens is 273 g/mol. The van der Waals surface area contributed by atoms with Crippen molar-refractivity contribution < 1.29 is 22.7 Å². The summed E-state index contributed by atoms with van der Waals surface area (Å²) in [4.78, 5) is 12.2. The smallest absolute Gasteiger partial charge is 0.406 e. The maximum atomic E-state index is 12.2. The number of aromatic nitrogens is 2. The highest BCUT2D eigenvalue weighted by Gasteiger charge is 2.31. The van der Waals surface area contributed by atoms with Crippen molar-refractivity contribution in [2.24, 2.45) is 7.05 Å². The summed E-state index contributed by atoms with van der Waals surface area (Å²) in [7, 11) is 1.66. The van der Waals surface area contributed by atoms with E-state index >= 15 is 0 Å². The third-order valence-corrected chi connectivity index (χ3v) is 2.59. The fraction of sp³-hybridized carbons (Fsp3) is 0.231. The van der Waals surface area contributed by atoms with Crippen LogP contribution in [0.2, 0.25) is 0 Å². The molecule has 0 N–H and O–H groups in total. The predicted octanol–water partition coefficient (Wildman–Crippen LogP) is 2.86. The molecule has 0 saturated heterocycles. The van der Waals surface area contributed by atoms with Crippen LogP contribution >= 0.6 is 0 Å². The highest BCUT2D eigenvalue weighted by molar-refractivity contribution is 6.09. The van der Waals surface area contributed by atoms with Crippen molar-refractivity contribution in [3.05, 3.63) is 47.3 Å². The summed E-state index contributed by atoms with van der Waals surface area (Å²) >= 11 is 0. The summed E-state index contributed by atoms with van der Waals surface area (Å²) in [5.41, 5.74) is 0.971. The topological polar surface area (TPSA) is 44.1 Å². The van der Waals surface area contributed by atoms with Gasteiger partial charge < -0.3 is 4.74 Å². The Morgan fingerprint density at radius 2 is 2.05 bits per heavy atom. The van der Waals surface area contributed by atoms with Gasteiger partial charge in [-0.2, -0.15) is 5.10 Å². The van der Waals surface area contributed by atoms with Crippen molar-refractivity contribution in [2.45, 2.75) is 13.3 Å². The number of aryl methyl sites for hydroxylation is 2. The maximum Gasteiger partial charge on any atom is 0.573 e. The van der Waals surface area contributed by atoms with Crippen LogP contribution in [0.3, 0.4) is 0 Å². The van der Waals surface area contributed by atoms with Crippen LogP contribution in [0.15, 0.2) is 30.5 Å². The first kappa shape index (κ1) is 14.1. The van der Waals surface area contributed by atoms with Crippen LogP contribution in [0.4, 0.5) is 13.2 Å². The summed E-state index contributed by atoms with van der Waals surface area (Å²) < 4.78 is 41.7. The van der Waals surface area contributed by atoms with Gasteiger partial charge in [-0.3, -0.25) is 9.48 Å². The van der Waals surface area contributed by atoms with Gasteiger partial charge in [-0.05, 0) is 19.1 Å². The summed E-state index contributed by atoms with van der Waals surface area (Å²) in [5.74, 6) is -0.826. The van der Waals surface area contributed by atoms with Crippen molar-refractivity contribution in [1.82, 2.24) is 9.78 Å². The van der Waals surface area contributed by atoms with E-state index in [2.05, 4.69) is 9.84 Å². The molecule has 20 heavy (non-hydrogen) atoms. The van der Waals surface area contributed by atoms with Gasteiger partial charge >= 0.3 is 6.36 Å². The number of hydrogen-bond donors (Lipinski definition) is 0. The number of benzene rings is 1. The molecule has 0 saturated carbocycles. The Morgan fingerprint density at radius 3 is 2.60 bits per heavy atom. The summed E-state index contributed by atoms with van der Waals surface area (Å²) in [5, 5.41) is 4.02. The first-order valence-corrected chi connectivity index (χ1v) is 5.67. The second kappa shape index (κ2) is 4.99. The maximum absolute atomic E-state index is 12.2. The number of carbonyl (C=O) groups excluding carboxylic acids is 1. The second-order valence-electron chi connectivity index (χ2n) is 4.21. The molecule has 106 valence electrons. The van der Waals surface area contributed by atoms with Gasteiger partial charge in [-0.1, -0.05) is 12.1 Å². The first-order chi connectivity index (χ1) is 9.26. The molecule has 0 aliphatic rings. The number of rotatable bonds is 3. The zero-order valence-corrected chi connectivity index (χ0v) is 10.7. The average Bonchev–Trinajstić information content (AvgIpc) is 2.65. The quantitative estimate of drug-likeness (QED) is 0.814. The lowest BCUT2D eigenvalue weighted by Gasteiger charge is -2.09. The number of ether oxygens (including phenoxy) is 1. The summed E-state index contributed by atoms with van der Waals surface area (Å²) in [6.45, 7) is 1.66. The zero-order chi connectivity index (χ0) is 14.9. The van der Waals surface area contributed by atoms with Crippen LogP contribution in [0, 0.1) is 6.92 Å². The van der Waals surface area contributed by atoms with E-state index in [0.717, 1.165) is 12.1 Å². The molecule has 2 aromatic rings. The van der Waals surface area contributed by atoms with Crippen LogP contribution < -0.4 is 4.74 Å². The molecule has 2 rings (SSSR count). The highest BCUT2D eigenvalue weighted by Crippen LogP contribution is 2.24. The van der Waals surface area contributed by atoms with E-state index in [1.807, 2.05) is 0 Å². The van der Waals surface area contributed by atoms with Gasteiger partial charge in [-0.15, -0.1) is 13.2 Å². The molecule has 4 nitrogen and oxygen atoms in total. The van der Waals surface area contributed by atoms with Crippen molar-refractivity contribution in [2.75, 3.05) is 0 Å². The molecule has 1 aromatic heterocycles. The van der Waals surface area contributed by atoms with E-state index in [9.17, 15) is 18.0 Å². The SMILES string of the molecule is Cc1nn(C)cc1C(=O)c1cccc(OC(F)(F)F)c1. The van der Waals surface area contributed by atoms with Gasteiger partial charge in [0.2, 0.25) is 0 Å². The molecule has 0 atom stereocenters. The molecule has 0 aliphatic carbocycles. The summed E-state index contributed by atoms with van der Waals surface area (Å²) in [6.07, 6.45) is -3.26. The predicted molar refractivity (Wildman–Crippen MR) is 64.5 cm³/mol. The zero-order valence-electron chi connectivity index (χ0n) is 10.7. The third kappa shape index (κ3) is 3.17. The fourth-order valence-corrected chi connectivity index (χ4v) is 1.81. The normalized spacial score (nSPS) is 11.4. The number of carbonyl (C=O) groups is 1. The van der Waals surface area contributed by atoms with Gasteiger partial charge in [-0.25, -0.2) is 0 Å². The molecule has 0 fully saturated rings. The van der Waals surface area contributed by atoms with Crippen molar-refractivity contribution in [3.8, 4) is 5.75 Å². The van der Waals surface area contributed by atoms with E-state index in [-0.39, 0.29) is 5.56 Å². The minimum absolute atomic E-state index is 0.114. The molecule has 0 radical (unpaired) electrons. The lowest BCUT2D eigenvalue weighted by molar-refractivity contribution is -0.274. The van der Waals surface area contributed by atoms with Crippen molar-refractivity contribution in [1.29, 1.82) is 0 Å². The number of ketones is 1. The van der Waals surface area contributed by atoms with Gasteiger partial charge in [0, 0.05) is 18.8 Å². The van der Waals surface area contributed by atoms with Crippen LogP contribution in [0.25, 0.3) is 0 Å². The minimum atomic E-state index is -4.79. The van der Waals surface area contributed by atoms with Gasteiger partial charge in [0.25, 0.3) is 0 Å². The lowest BCUT2D eigenvalue weighted by atomic mass is 10.0. The number of nitrogens with zero attached hydrogens (tertiary/aromatic N) is 2. The molecule has 0 bridgehead atoms. The minimum Gasteiger partial charge on any atom is -0.406 e. The van der Waals surface area contributed by atoms with E-state index in [1.54, 1.807) is 14.0 Å². The number of halogens is 3. The Hall–Kier alpha value is -2.31. The van der Waals surface area contributed by atoms with Crippen molar-refractivity contribution in [3.63, 3.8) is 0 Å². The highest BCUT2D eigenvalue weighted by atomic mass is 19.4. The molecule has 1 aromatic carbocycles. The van der Waals surface area contributed by atoms with Crippen LogP contribution in [0.1, 0.15) is 21.6 Å². The van der Waals surface area contributed by atoms with Crippen LogP contribution in [0.5, 0.6) is 5.75 Å². The monoisotopic (exact) mass is 284 g/mol. The Bertz CT molecular complexity index is 647. The molecule has 7 heteroatoms. The first-order valence-electron chi connectivity index (χ1n) is 5.67. The Kier molecular flexibility index (Phi) is 3.52. The average molecular weight is 284 g/mol. The Balaban J connectivity index is 2.31. The lowest BCUT2D eigenvalue weighted by Crippen LogP contribution is -2.17. The van der Waals surface area contributed by atoms with Gasteiger partial charge in [0.05, 0.1) is 11.3 Å². The standard InChI is InChI=1S/C13H11F3N2O2/c1-8-11(7-18(2)17-8)12(19)9-4-3-5-10(6-9)20-13(14,15)16/h3-7H,1-2H3.